The maximum absolute atomic E-state index is 10.9. The van der Waals surface area contributed by atoms with Crippen LogP contribution in [0.2, 0.25) is 0 Å². The average molecular weight is 461 g/mol. The van der Waals surface area contributed by atoms with Crippen LogP contribution in [0.4, 0.5) is 5.69 Å². The van der Waals surface area contributed by atoms with Gasteiger partial charge in [0.2, 0.25) is 6.29 Å². The topological polar surface area (TPSA) is 183 Å². The molecule has 1 aromatic rings. The Balaban J connectivity index is 1.76. The molecule has 3 rings (SSSR count). The van der Waals surface area contributed by atoms with E-state index in [9.17, 15) is 25.5 Å². The first-order valence-corrected chi connectivity index (χ1v) is 10.1. The molecule has 1 aromatic carbocycles. The number of hydrogen-bond acceptors (Lipinski definition) is 12. The molecule has 0 aliphatic carbocycles. The molecular weight excluding hydrogens is 430 g/mol. The number of nitrogens with two attached hydrogens (primary N) is 1. The van der Waals surface area contributed by atoms with Crippen LogP contribution in [0.3, 0.4) is 0 Å². The lowest BCUT2D eigenvalue weighted by Gasteiger charge is -2.47. The molecule has 2 aliphatic rings. The third kappa shape index (κ3) is 5.15. The summed E-state index contributed by atoms with van der Waals surface area (Å²) in [5.41, 5.74) is 6.21. The van der Waals surface area contributed by atoms with Gasteiger partial charge in [0.15, 0.2) is 6.29 Å². The van der Waals surface area contributed by atoms with Crippen LogP contribution in [-0.4, -0.2) is 114 Å². The van der Waals surface area contributed by atoms with Crippen molar-refractivity contribution in [3.63, 3.8) is 0 Å². The number of hydrogen-bond donors (Lipinski definition) is 6. The molecule has 0 bridgehead atoms. The van der Waals surface area contributed by atoms with E-state index in [0.29, 0.717) is 11.4 Å². The zero-order valence-corrected chi connectivity index (χ0v) is 17.8. The Morgan fingerprint density at radius 3 is 1.94 bits per heavy atom. The van der Waals surface area contributed by atoms with Crippen molar-refractivity contribution < 1.29 is 54.0 Å². The van der Waals surface area contributed by atoms with E-state index in [2.05, 4.69) is 0 Å². The second-order valence-electron chi connectivity index (χ2n) is 7.61. The van der Waals surface area contributed by atoms with Crippen LogP contribution in [0.15, 0.2) is 24.3 Å². The van der Waals surface area contributed by atoms with Crippen molar-refractivity contribution in [3.8, 4) is 5.75 Å². The summed E-state index contributed by atoms with van der Waals surface area (Å²) in [6.45, 7) is -1.11. The third-order valence-corrected chi connectivity index (χ3v) is 5.59. The number of rotatable bonds is 8. The third-order valence-electron chi connectivity index (χ3n) is 5.59. The average Bonchev–Trinajstić information content (AvgIpc) is 2.79. The Morgan fingerprint density at radius 2 is 1.38 bits per heavy atom. The number of aliphatic hydroxyl groups excluding tert-OH is 5. The molecular formula is C20H31NO11. The first-order valence-electron chi connectivity index (χ1n) is 10.1. The predicted molar refractivity (Wildman–Crippen MR) is 107 cm³/mol. The molecule has 2 fully saturated rings. The molecule has 0 spiro atoms. The molecule has 10 atom stereocenters. The maximum Gasteiger partial charge on any atom is 0.229 e. The van der Waals surface area contributed by atoms with Crippen LogP contribution < -0.4 is 10.5 Å². The van der Waals surface area contributed by atoms with Crippen LogP contribution in [0.5, 0.6) is 5.75 Å². The van der Waals surface area contributed by atoms with Gasteiger partial charge < -0.3 is 59.7 Å². The second kappa shape index (κ2) is 11.0. The van der Waals surface area contributed by atoms with Gasteiger partial charge in [-0.05, 0) is 24.3 Å². The van der Waals surface area contributed by atoms with Crippen molar-refractivity contribution in [1.29, 1.82) is 0 Å². The van der Waals surface area contributed by atoms with E-state index in [1.807, 2.05) is 0 Å². The smallest absolute Gasteiger partial charge is 0.229 e. The molecule has 2 aliphatic heterocycles. The van der Waals surface area contributed by atoms with Crippen molar-refractivity contribution in [2.24, 2.45) is 0 Å². The molecule has 12 nitrogen and oxygen atoms in total. The summed E-state index contributed by atoms with van der Waals surface area (Å²) in [5.74, 6) is 0.406. The lowest BCUT2D eigenvalue weighted by Crippen LogP contribution is -2.65. The van der Waals surface area contributed by atoms with Gasteiger partial charge in [0.1, 0.15) is 54.6 Å². The summed E-state index contributed by atoms with van der Waals surface area (Å²) in [6, 6.07) is 6.50. The molecule has 0 saturated carbocycles. The quantitative estimate of drug-likeness (QED) is 0.226. The van der Waals surface area contributed by atoms with Crippen LogP contribution in [-0.2, 0) is 23.7 Å². The van der Waals surface area contributed by atoms with Gasteiger partial charge in [0, 0.05) is 19.9 Å². The van der Waals surface area contributed by atoms with Crippen LogP contribution in [0, 0.1) is 0 Å². The fourth-order valence-electron chi connectivity index (χ4n) is 3.84. The van der Waals surface area contributed by atoms with E-state index in [-0.39, 0.29) is 0 Å². The van der Waals surface area contributed by atoms with E-state index in [0.717, 1.165) is 0 Å². The lowest BCUT2D eigenvalue weighted by molar-refractivity contribution is -0.355. The van der Waals surface area contributed by atoms with Crippen molar-refractivity contribution in [2.45, 2.75) is 61.4 Å². The monoisotopic (exact) mass is 461 g/mol. The predicted octanol–water partition coefficient (Wildman–Crippen LogP) is -2.42. The minimum atomic E-state index is -1.45. The Bertz CT molecular complexity index is 707. The molecule has 0 unspecified atom stereocenters. The molecule has 182 valence electrons. The molecule has 2 heterocycles. The lowest BCUT2D eigenvalue weighted by atomic mass is 9.96. The zero-order chi connectivity index (χ0) is 23.4. The van der Waals surface area contributed by atoms with Gasteiger partial charge in [0.25, 0.3) is 0 Å². The van der Waals surface area contributed by atoms with E-state index < -0.39 is 74.6 Å². The summed E-state index contributed by atoms with van der Waals surface area (Å²) in [7, 11) is 2.63. The second-order valence-corrected chi connectivity index (χ2v) is 7.61. The summed E-state index contributed by atoms with van der Waals surface area (Å²) < 4.78 is 33.2. The van der Waals surface area contributed by atoms with Gasteiger partial charge in [-0.3, -0.25) is 0 Å². The normalized spacial score (nSPS) is 40.2. The summed E-state index contributed by atoms with van der Waals surface area (Å²) in [5, 5.41) is 50.9. The first kappa shape index (κ1) is 25.1. The largest absolute Gasteiger partial charge is 0.462 e. The maximum atomic E-state index is 10.9. The molecule has 12 heteroatoms. The number of aliphatic hydroxyl groups is 5. The minimum absolute atomic E-state index is 0.406. The molecule has 2 saturated heterocycles. The van der Waals surface area contributed by atoms with Crippen LogP contribution in [0.25, 0.3) is 0 Å². The van der Waals surface area contributed by atoms with Gasteiger partial charge in [-0.15, -0.1) is 0 Å². The Hall–Kier alpha value is -1.58. The van der Waals surface area contributed by atoms with E-state index in [4.69, 9.17) is 34.2 Å². The Kier molecular flexibility index (Phi) is 8.63. The van der Waals surface area contributed by atoms with Gasteiger partial charge in [-0.2, -0.15) is 0 Å². The molecule has 7 N–H and O–H groups in total. The van der Waals surface area contributed by atoms with Crippen LogP contribution in [0.1, 0.15) is 0 Å². The van der Waals surface area contributed by atoms with Crippen LogP contribution >= 0.6 is 0 Å². The van der Waals surface area contributed by atoms with E-state index in [1.54, 1.807) is 24.3 Å². The Labute approximate surface area is 185 Å². The van der Waals surface area contributed by atoms with Crippen molar-refractivity contribution in [3.05, 3.63) is 24.3 Å². The number of benzene rings is 1. The van der Waals surface area contributed by atoms with E-state index >= 15 is 0 Å². The molecule has 0 radical (unpaired) electrons. The highest BCUT2D eigenvalue weighted by molar-refractivity contribution is 5.41. The SMILES string of the molecule is CO[C@H]1[C@@H](O)[C@@H](CO)O[C@@H](O[C@H]2[C@H](O)[C@@H](OC)[C@H](Oc3ccc(N)cc3)O[C@@H]2CO)[C@@H]1O. The zero-order valence-electron chi connectivity index (χ0n) is 17.8. The van der Waals surface area contributed by atoms with Gasteiger partial charge in [-0.25, -0.2) is 0 Å². The Morgan fingerprint density at radius 1 is 0.781 bits per heavy atom. The van der Waals surface area contributed by atoms with Crippen molar-refractivity contribution >= 4 is 5.69 Å². The number of ether oxygens (including phenoxy) is 6. The number of anilines is 1. The number of methoxy groups -OCH3 is 2. The van der Waals surface area contributed by atoms with Gasteiger partial charge in [-0.1, -0.05) is 0 Å². The van der Waals surface area contributed by atoms with Crippen molar-refractivity contribution in [2.75, 3.05) is 33.2 Å². The summed E-state index contributed by atoms with van der Waals surface area (Å²) in [4.78, 5) is 0. The summed E-state index contributed by atoms with van der Waals surface area (Å²) in [6.07, 6.45) is -12.1. The number of nitrogen functional groups attached to an aromatic ring is 1. The highest BCUT2D eigenvalue weighted by atomic mass is 16.7. The molecule has 32 heavy (non-hydrogen) atoms. The highest BCUT2D eigenvalue weighted by Gasteiger charge is 2.52. The highest BCUT2D eigenvalue weighted by Crippen LogP contribution is 2.31. The first-order chi connectivity index (χ1) is 15.3. The van der Waals surface area contributed by atoms with E-state index in [1.165, 1.54) is 14.2 Å². The van der Waals surface area contributed by atoms with Gasteiger partial charge in [0.05, 0.1) is 13.2 Å². The molecule has 0 aromatic heterocycles. The van der Waals surface area contributed by atoms with Crippen molar-refractivity contribution in [1.82, 2.24) is 0 Å². The standard InChI is InChI=1S/C20H31NO11/c1-27-17-13(24)11(7-22)30-19(15(17)26)32-16-12(8-23)31-20(18(28-2)14(16)25)29-10-5-3-9(21)4-6-10/h3-6,11-20,22-26H,7-8,21H2,1-2H3/t11-,12-,13+,14+,15-,16-,17+,18-,19+,20-/m1/s1. The fraction of sp³-hybridized carbons (Fsp3) is 0.700. The fourth-order valence-corrected chi connectivity index (χ4v) is 3.84. The minimum Gasteiger partial charge on any atom is -0.462 e. The van der Waals surface area contributed by atoms with Gasteiger partial charge >= 0.3 is 0 Å². The summed E-state index contributed by atoms with van der Waals surface area (Å²) >= 11 is 0. The molecule has 0 amide bonds.